The predicted molar refractivity (Wildman–Crippen MR) is 55.9 cm³/mol. The highest BCUT2D eigenvalue weighted by Crippen LogP contribution is 2.15. The van der Waals surface area contributed by atoms with Gasteiger partial charge in [-0.3, -0.25) is 0 Å². The molecule has 0 radical (unpaired) electrons. The third kappa shape index (κ3) is 2.96. The number of likely N-dealkylation sites (tertiary alicyclic amines) is 1. The second kappa shape index (κ2) is 4.97. The molecule has 0 aromatic rings. The van der Waals surface area contributed by atoms with E-state index in [1.54, 1.807) is 0 Å². The van der Waals surface area contributed by atoms with Crippen LogP contribution in [0.5, 0.6) is 0 Å². The summed E-state index contributed by atoms with van der Waals surface area (Å²) < 4.78 is 0. The second-order valence-electron chi connectivity index (χ2n) is 4.55. The fourth-order valence-corrected chi connectivity index (χ4v) is 2.51. The summed E-state index contributed by atoms with van der Waals surface area (Å²) in [5, 5.41) is 3.44. The van der Waals surface area contributed by atoms with Crippen LogP contribution < -0.4 is 5.32 Å². The predicted octanol–water partition coefficient (Wildman–Crippen LogP) is 1.47. The van der Waals surface area contributed by atoms with E-state index in [4.69, 9.17) is 0 Å². The fourth-order valence-electron chi connectivity index (χ4n) is 2.51. The van der Waals surface area contributed by atoms with Gasteiger partial charge in [0.05, 0.1) is 0 Å². The molecule has 0 aromatic carbocycles. The molecule has 2 aliphatic heterocycles. The molecule has 2 rings (SSSR count). The van der Waals surface area contributed by atoms with E-state index in [1.165, 1.54) is 64.8 Å². The van der Waals surface area contributed by atoms with Crippen molar-refractivity contribution in [1.29, 1.82) is 0 Å². The Balaban J connectivity index is 1.60. The molecule has 2 fully saturated rings. The van der Waals surface area contributed by atoms with Gasteiger partial charge in [0.25, 0.3) is 0 Å². The van der Waals surface area contributed by atoms with Gasteiger partial charge < -0.3 is 10.2 Å². The number of nitrogens with zero attached hydrogens (tertiary/aromatic N) is 1. The van der Waals surface area contributed by atoms with Gasteiger partial charge >= 0.3 is 0 Å². The molecule has 0 spiro atoms. The number of piperidine rings is 1. The number of hydrogen-bond acceptors (Lipinski definition) is 2. The first-order valence-corrected chi connectivity index (χ1v) is 5.88. The lowest BCUT2D eigenvalue weighted by Gasteiger charge is -2.27. The molecule has 2 aliphatic rings. The van der Waals surface area contributed by atoms with E-state index in [0.29, 0.717) is 0 Å². The first-order chi connectivity index (χ1) is 6.45. The lowest BCUT2D eigenvalue weighted by Crippen LogP contribution is -2.31. The molecule has 2 nitrogen and oxygen atoms in total. The van der Waals surface area contributed by atoms with E-state index < -0.39 is 0 Å². The summed E-state index contributed by atoms with van der Waals surface area (Å²) in [6.45, 7) is 6.60. The highest BCUT2D eigenvalue weighted by atomic mass is 15.1. The van der Waals surface area contributed by atoms with Crippen molar-refractivity contribution in [3.05, 3.63) is 0 Å². The van der Waals surface area contributed by atoms with Crippen LogP contribution in [0.2, 0.25) is 0 Å². The Hall–Kier alpha value is -0.0800. The number of hydrogen-bond donors (Lipinski definition) is 1. The van der Waals surface area contributed by atoms with Gasteiger partial charge in [0.1, 0.15) is 0 Å². The molecule has 76 valence electrons. The number of rotatable bonds is 3. The summed E-state index contributed by atoms with van der Waals surface area (Å²) in [5.41, 5.74) is 0. The monoisotopic (exact) mass is 182 g/mol. The SMILES string of the molecule is C1CCN(CCC2CCNC2)CC1. The highest BCUT2D eigenvalue weighted by molar-refractivity contribution is 4.73. The average Bonchev–Trinajstić information content (AvgIpc) is 2.69. The van der Waals surface area contributed by atoms with Crippen LogP contribution in [-0.4, -0.2) is 37.6 Å². The summed E-state index contributed by atoms with van der Waals surface area (Å²) in [7, 11) is 0. The Morgan fingerprint density at radius 3 is 2.69 bits per heavy atom. The zero-order chi connectivity index (χ0) is 8.93. The smallest absolute Gasteiger partial charge is 0.00156 e. The van der Waals surface area contributed by atoms with Crippen LogP contribution in [0, 0.1) is 5.92 Å². The van der Waals surface area contributed by atoms with Crippen molar-refractivity contribution in [2.24, 2.45) is 5.92 Å². The van der Waals surface area contributed by atoms with Crippen molar-refractivity contribution in [2.45, 2.75) is 32.1 Å². The molecule has 2 saturated heterocycles. The molecule has 1 atom stereocenters. The van der Waals surface area contributed by atoms with Gasteiger partial charge in [-0.05, 0) is 64.3 Å². The second-order valence-corrected chi connectivity index (χ2v) is 4.55. The average molecular weight is 182 g/mol. The lowest BCUT2D eigenvalue weighted by atomic mass is 10.0. The third-order valence-corrected chi connectivity index (χ3v) is 3.46. The van der Waals surface area contributed by atoms with Crippen LogP contribution in [0.4, 0.5) is 0 Å². The lowest BCUT2D eigenvalue weighted by molar-refractivity contribution is 0.215. The Morgan fingerprint density at radius 1 is 1.15 bits per heavy atom. The molecule has 1 N–H and O–H groups in total. The maximum atomic E-state index is 3.44. The summed E-state index contributed by atoms with van der Waals surface area (Å²) in [4.78, 5) is 2.65. The van der Waals surface area contributed by atoms with Crippen LogP contribution in [-0.2, 0) is 0 Å². The van der Waals surface area contributed by atoms with Crippen LogP contribution in [0.15, 0.2) is 0 Å². The first-order valence-electron chi connectivity index (χ1n) is 5.88. The third-order valence-electron chi connectivity index (χ3n) is 3.46. The van der Waals surface area contributed by atoms with E-state index in [2.05, 4.69) is 10.2 Å². The quantitative estimate of drug-likeness (QED) is 0.711. The van der Waals surface area contributed by atoms with Gasteiger partial charge in [0.15, 0.2) is 0 Å². The van der Waals surface area contributed by atoms with Crippen LogP contribution >= 0.6 is 0 Å². The highest BCUT2D eigenvalue weighted by Gasteiger charge is 2.16. The summed E-state index contributed by atoms with van der Waals surface area (Å²) in [6.07, 6.45) is 7.16. The van der Waals surface area contributed by atoms with Crippen molar-refractivity contribution in [3.63, 3.8) is 0 Å². The van der Waals surface area contributed by atoms with Crippen LogP contribution in [0.1, 0.15) is 32.1 Å². The van der Waals surface area contributed by atoms with E-state index in [-0.39, 0.29) is 0 Å². The normalized spacial score (nSPS) is 30.9. The van der Waals surface area contributed by atoms with Gasteiger partial charge in [0.2, 0.25) is 0 Å². The summed E-state index contributed by atoms with van der Waals surface area (Å²) in [6, 6.07) is 0. The summed E-state index contributed by atoms with van der Waals surface area (Å²) in [5.74, 6) is 0.974. The molecule has 2 heterocycles. The Labute approximate surface area is 81.7 Å². The molecular weight excluding hydrogens is 160 g/mol. The molecule has 2 heteroatoms. The minimum Gasteiger partial charge on any atom is -0.316 e. The van der Waals surface area contributed by atoms with E-state index in [1.807, 2.05) is 0 Å². The maximum absolute atomic E-state index is 3.44. The van der Waals surface area contributed by atoms with E-state index >= 15 is 0 Å². The van der Waals surface area contributed by atoms with E-state index in [0.717, 1.165) is 5.92 Å². The molecular formula is C11H22N2. The van der Waals surface area contributed by atoms with Gasteiger partial charge in [-0.2, -0.15) is 0 Å². The Morgan fingerprint density at radius 2 is 2.00 bits per heavy atom. The van der Waals surface area contributed by atoms with Crippen LogP contribution in [0.3, 0.4) is 0 Å². The van der Waals surface area contributed by atoms with Crippen molar-refractivity contribution in [1.82, 2.24) is 10.2 Å². The fraction of sp³-hybridized carbons (Fsp3) is 1.00. The molecule has 0 aliphatic carbocycles. The molecule has 0 saturated carbocycles. The molecule has 0 amide bonds. The van der Waals surface area contributed by atoms with Gasteiger partial charge in [-0.25, -0.2) is 0 Å². The van der Waals surface area contributed by atoms with Crippen molar-refractivity contribution in [3.8, 4) is 0 Å². The van der Waals surface area contributed by atoms with Gasteiger partial charge in [-0.1, -0.05) is 6.42 Å². The standard InChI is InChI=1S/C11H22N2/c1-2-7-13(8-3-1)9-5-11-4-6-12-10-11/h11-12H,1-10H2. The van der Waals surface area contributed by atoms with Crippen molar-refractivity contribution < 1.29 is 0 Å². The summed E-state index contributed by atoms with van der Waals surface area (Å²) >= 11 is 0. The van der Waals surface area contributed by atoms with Crippen molar-refractivity contribution >= 4 is 0 Å². The van der Waals surface area contributed by atoms with Crippen LogP contribution in [0.25, 0.3) is 0 Å². The van der Waals surface area contributed by atoms with Crippen molar-refractivity contribution in [2.75, 3.05) is 32.7 Å². The minimum atomic E-state index is 0.974. The zero-order valence-electron chi connectivity index (χ0n) is 8.60. The zero-order valence-corrected chi connectivity index (χ0v) is 8.60. The first kappa shape index (κ1) is 9.47. The molecule has 13 heavy (non-hydrogen) atoms. The molecule has 1 unspecified atom stereocenters. The maximum Gasteiger partial charge on any atom is -0.00156 e. The van der Waals surface area contributed by atoms with Gasteiger partial charge in [-0.15, -0.1) is 0 Å². The van der Waals surface area contributed by atoms with E-state index in [9.17, 15) is 0 Å². The van der Waals surface area contributed by atoms with Gasteiger partial charge in [0, 0.05) is 0 Å². The Kier molecular flexibility index (Phi) is 3.62. The largest absolute Gasteiger partial charge is 0.316 e. The molecule has 0 aromatic heterocycles. The minimum absolute atomic E-state index is 0.974. The topological polar surface area (TPSA) is 15.3 Å². The Bertz CT molecular complexity index is 135. The molecule has 0 bridgehead atoms. The number of nitrogens with one attached hydrogen (secondary N) is 1.